The topological polar surface area (TPSA) is 113 Å². The molecule has 0 unspecified atom stereocenters. The van der Waals surface area contributed by atoms with Gasteiger partial charge in [0.05, 0.1) is 22.4 Å². The highest BCUT2D eigenvalue weighted by Gasteiger charge is 2.57. The highest BCUT2D eigenvalue weighted by atomic mass is 35.5. The highest BCUT2D eigenvalue weighted by Crippen LogP contribution is 2.57. The van der Waals surface area contributed by atoms with Gasteiger partial charge in [-0.2, -0.15) is 0 Å². The van der Waals surface area contributed by atoms with Gasteiger partial charge in [-0.3, -0.25) is 14.3 Å². The van der Waals surface area contributed by atoms with Crippen LogP contribution in [-0.4, -0.2) is 25.4 Å². The number of hydrogen-bond acceptors (Lipinski definition) is 4. The van der Waals surface area contributed by atoms with Crippen LogP contribution in [0.3, 0.4) is 0 Å². The molecule has 2 aliphatic rings. The minimum absolute atomic E-state index is 0.0169. The number of fused-ring (bicyclic) bond motifs is 2. The molecule has 0 saturated heterocycles. The number of halogens is 2. The zero-order valence-electron chi connectivity index (χ0n) is 18.5. The number of carbonyl (C=O) groups is 2. The Labute approximate surface area is 208 Å². The van der Waals surface area contributed by atoms with Crippen molar-refractivity contribution in [3.63, 3.8) is 0 Å². The van der Waals surface area contributed by atoms with Crippen LogP contribution in [0.4, 0.5) is 11.4 Å². The molecule has 10 heteroatoms. The smallest absolute Gasteiger partial charge is 0.307 e. The highest BCUT2D eigenvalue weighted by molar-refractivity contribution is 7.92. The molecule has 2 saturated carbocycles. The SMILES string of the molecule is CC(C)=C1[C@H]2CC[C@H]1[C@@H](C(=O)Nc1ccc(S(=O)(=O)Nc3cc(Cl)cc(Cl)c3)cc1)[C@@H]2C(=O)O. The number of sulfonamides is 1. The van der Waals surface area contributed by atoms with E-state index in [0.717, 1.165) is 24.0 Å². The van der Waals surface area contributed by atoms with Crippen molar-refractivity contribution in [2.75, 3.05) is 10.0 Å². The molecule has 7 nitrogen and oxygen atoms in total. The zero-order valence-corrected chi connectivity index (χ0v) is 20.8. The van der Waals surface area contributed by atoms with Crippen LogP contribution >= 0.6 is 23.2 Å². The van der Waals surface area contributed by atoms with Gasteiger partial charge in [-0.25, -0.2) is 8.42 Å². The fraction of sp³-hybridized carbons (Fsp3) is 0.333. The molecule has 180 valence electrons. The van der Waals surface area contributed by atoms with E-state index in [1.807, 2.05) is 13.8 Å². The summed E-state index contributed by atoms with van der Waals surface area (Å²) in [7, 11) is -3.92. The number of aliphatic carboxylic acids is 1. The van der Waals surface area contributed by atoms with Gasteiger partial charge in [0.2, 0.25) is 5.91 Å². The van der Waals surface area contributed by atoms with Crippen molar-refractivity contribution >= 4 is 56.5 Å². The number of anilines is 2. The second-order valence-corrected chi connectivity index (χ2v) is 11.5. The van der Waals surface area contributed by atoms with Crippen molar-refractivity contribution in [3.8, 4) is 0 Å². The van der Waals surface area contributed by atoms with Crippen LogP contribution in [0.15, 0.2) is 58.5 Å². The first-order valence-electron chi connectivity index (χ1n) is 10.8. The predicted molar refractivity (Wildman–Crippen MR) is 132 cm³/mol. The van der Waals surface area contributed by atoms with E-state index in [1.165, 1.54) is 42.5 Å². The Morgan fingerprint density at radius 3 is 2.00 bits per heavy atom. The van der Waals surface area contributed by atoms with Crippen molar-refractivity contribution in [1.82, 2.24) is 0 Å². The fourth-order valence-electron chi connectivity index (χ4n) is 5.37. The van der Waals surface area contributed by atoms with Crippen LogP contribution in [-0.2, 0) is 19.6 Å². The summed E-state index contributed by atoms with van der Waals surface area (Å²) in [5.41, 5.74) is 2.79. The average Bonchev–Trinajstić information content (AvgIpc) is 3.29. The Morgan fingerprint density at radius 2 is 1.47 bits per heavy atom. The van der Waals surface area contributed by atoms with Gasteiger partial charge in [0, 0.05) is 15.7 Å². The Hall–Kier alpha value is -2.55. The lowest BCUT2D eigenvalue weighted by atomic mass is 9.78. The van der Waals surface area contributed by atoms with Gasteiger partial charge in [0.1, 0.15) is 0 Å². The van der Waals surface area contributed by atoms with Crippen molar-refractivity contribution in [1.29, 1.82) is 0 Å². The number of carboxylic acid groups (broad SMARTS) is 1. The summed E-state index contributed by atoms with van der Waals surface area (Å²) in [4.78, 5) is 25.1. The minimum Gasteiger partial charge on any atom is -0.481 e. The second kappa shape index (κ2) is 9.24. The van der Waals surface area contributed by atoms with Crippen LogP contribution < -0.4 is 10.0 Å². The molecule has 2 aromatic carbocycles. The number of hydrogen-bond donors (Lipinski definition) is 3. The molecule has 34 heavy (non-hydrogen) atoms. The molecule has 2 fully saturated rings. The largest absolute Gasteiger partial charge is 0.481 e. The van der Waals surface area contributed by atoms with Crippen molar-refractivity contribution in [2.24, 2.45) is 23.7 Å². The van der Waals surface area contributed by atoms with Gasteiger partial charge in [0.25, 0.3) is 10.0 Å². The van der Waals surface area contributed by atoms with Gasteiger partial charge < -0.3 is 10.4 Å². The first-order valence-corrected chi connectivity index (χ1v) is 13.0. The number of rotatable bonds is 6. The summed E-state index contributed by atoms with van der Waals surface area (Å²) in [5, 5.41) is 13.2. The summed E-state index contributed by atoms with van der Waals surface area (Å²) >= 11 is 11.9. The molecule has 0 heterocycles. The molecule has 2 aromatic rings. The second-order valence-electron chi connectivity index (χ2n) is 8.91. The van der Waals surface area contributed by atoms with Gasteiger partial charge in [-0.15, -0.1) is 0 Å². The molecule has 3 N–H and O–H groups in total. The van der Waals surface area contributed by atoms with E-state index in [4.69, 9.17) is 23.2 Å². The van der Waals surface area contributed by atoms with Crippen molar-refractivity contribution in [3.05, 3.63) is 63.7 Å². The van der Waals surface area contributed by atoms with E-state index in [-0.39, 0.29) is 28.3 Å². The lowest BCUT2D eigenvalue weighted by Crippen LogP contribution is -2.37. The van der Waals surface area contributed by atoms with Gasteiger partial charge >= 0.3 is 5.97 Å². The molecule has 0 aromatic heterocycles. The van der Waals surface area contributed by atoms with Gasteiger partial charge in [-0.05, 0) is 81.0 Å². The zero-order chi connectivity index (χ0) is 24.8. The predicted octanol–water partition coefficient (Wildman–Crippen LogP) is 5.43. The van der Waals surface area contributed by atoms with Crippen LogP contribution in [0, 0.1) is 23.7 Å². The van der Waals surface area contributed by atoms with Crippen molar-refractivity contribution < 1.29 is 23.1 Å². The monoisotopic (exact) mass is 522 g/mol. The van der Waals surface area contributed by atoms with Crippen LogP contribution in [0.25, 0.3) is 0 Å². The van der Waals surface area contributed by atoms with E-state index in [9.17, 15) is 23.1 Å². The third-order valence-corrected chi connectivity index (χ3v) is 8.39. The Balaban J connectivity index is 1.51. The maximum absolute atomic E-state index is 13.1. The average molecular weight is 523 g/mol. The number of benzene rings is 2. The lowest BCUT2D eigenvalue weighted by molar-refractivity contribution is -0.148. The van der Waals surface area contributed by atoms with Crippen molar-refractivity contribution in [2.45, 2.75) is 31.6 Å². The van der Waals surface area contributed by atoms with E-state index >= 15 is 0 Å². The van der Waals surface area contributed by atoms with Gasteiger partial charge in [0.15, 0.2) is 0 Å². The summed E-state index contributed by atoms with van der Waals surface area (Å²) in [5.74, 6) is -2.91. The van der Waals surface area contributed by atoms with E-state index in [0.29, 0.717) is 15.7 Å². The van der Waals surface area contributed by atoms with Crippen LogP contribution in [0.5, 0.6) is 0 Å². The number of allylic oxidation sites excluding steroid dienone is 2. The Kier molecular flexibility index (Phi) is 6.68. The Bertz CT molecular complexity index is 1270. The Morgan fingerprint density at radius 1 is 0.912 bits per heavy atom. The van der Waals surface area contributed by atoms with E-state index in [2.05, 4.69) is 10.0 Å². The standard InChI is InChI=1S/C24H24Cl2N2O5S/c1-12(2)20-18-7-8-19(20)22(24(30)31)21(18)23(29)27-15-3-5-17(6-4-15)34(32,33)28-16-10-13(25)9-14(26)11-16/h3-6,9-11,18-19,21-22,28H,7-8H2,1-2H3,(H,27,29)(H,30,31)/t18-,19-,21-,22-/m1/s1. The number of nitrogens with one attached hydrogen (secondary N) is 2. The number of carboxylic acids is 1. The molecule has 0 radical (unpaired) electrons. The summed E-state index contributed by atoms with van der Waals surface area (Å²) < 4.78 is 27.9. The molecule has 1 amide bonds. The van der Waals surface area contributed by atoms with E-state index < -0.39 is 27.8 Å². The molecule has 0 aliphatic heterocycles. The molecular weight excluding hydrogens is 499 g/mol. The first-order chi connectivity index (χ1) is 16.0. The number of carbonyl (C=O) groups excluding carboxylic acids is 1. The van der Waals surface area contributed by atoms with Crippen LogP contribution in [0.2, 0.25) is 10.0 Å². The molecular formula is C24H24Cl2N2O5S. The molecule has 0 spiro atoms. The van der Waals surface area contributed by atoms with E-state index in [1.54, 1.807) is 0 Å². The maximum Gasteiger partial charge on any atom is 0.307 e. The minimum atomic E-state index is -3.92. The summed E-state index contributed by atoms with van der Waals surface area (Å²) in [6.45, 7) is 3.93. The maximum atomic E-state index is 13.1. The normalized spacial score (nSPS) is 23.6. The molecule has 4 atom stereocenters. The first kappa shape index (κ1) is 24.6. The molecule has 2 bridgehead atoms. The fourth-order valence-corrected chi connectivity index (χ4v) is 6.94. The number of amides is 1. The third kappa shape index (κ3) is 4.67. The van der Waals surface area contributed by atoms with Crippen LogP contribution in [0.1, 0.15) is 26.7 Å². The van der Waals surface area contributed by atoms with Gasteiger partial charge in [-0.1, -0.05) is 34.3 Å². The summed E-state index contributed by atoms with van der Waals surface area (Å²) in [6, 6.07) is 10.0. The lowest BCUT2D eigenvalue weighted by Gasteiger charge is -2.26. The molecule has 2 aliphatic carbocycles. The quantitative estimate of drug-likeness (QED) is 0.438. The molecule has 4 rings (SSSR count). The third-order valence-electron chi connectivity index (χ3n) is 6.55. The summed E-state index contributed by atoms with van der Waals surface area (Å²) in [6.07, 6.45) is 1.58.